The van der Waals surface area contributed by atoms with Crippen LogP contribution in [-0.2, 0) is 5.41 Å². The van der Waals surface area contributed by atoms with Gasteiger partial charge in [-0.25, -0.2) is 9.89 Å². The molecule has 0 aliphatic carbocycles. The van der Waals surface area contributed by atoms with E-state index in [1.165, 1.54) is 0 Å². The molecule has 3 N–H and O–H groups in total. The summed E-state index contributed by atoms with van der Waals surface area (Å²) in [6.45, 7) is 9.13. The summed E-state index contributed by atoms with van der Waals surface area (Å²) < 4.78 is 6.41. The quantitative estimate of drug-likeness (QED) is 0.246. The van der Waals surface area contributed by atoms with Crippen LogP contribution in [0.25, 0.3) is 22.5 Å². The number of amides is 2. The Balaban J connectivity index is 1.74. The fourth-order valence-corrected chi connectivity index (χ4v) is 3.94. The third-order valence-corrected chi connectivity index (χ3v) is 5.80. The van der Waals surface area contributed by atoms with E-state index >= 15 is 0 Å². The van der Waals surface area contributed by atoms with Gasteiger partial charge < -0.3 is 15.4 Å². The van der Waals surface area contributed by atoms with Crippen LogP contribution in [0.5, 0.6) is 11.5 Å². The van der Waals surface area contributed by atoms with Crippen LogP contribution in [0, 0.1) is 0 Å². The normalized spacial score (nSPS) is 11.2. The number of hydrogen-bond acceptors (Lipinski definition) is 5. The second-order valence-electron chi connectivity index (χ2n) is 9.59. The van der Waals surface area contributed by atoms with Crippen molar-refractivity contribution in [3.63, 3.8) is 0 Å². The Morgan fingerprint density at radius 1 is 0.972 bits per heavy atom. The number of unbranched alkanes of at least 4 members (excludes halogenated alkanes) is 1. The topological polar surface area (TPSA) is 105 Å². The van der Waals surface area contributed by atoms with Crippen LogP contribution in [0.15, 0.2) is 66.7 Å². The molecule has 4 rings (SSSR count). The third-order valence-electron chi connectivity index (χ3n) is 5.80. The highest BCUT2D eigenvalue weighted by molar-refractivity contribution is 5.93. The van der Waals surface area contributed by atoms with E-state index in [2.05, 4.69) is 65.0 Å². The highest BCUT2D eigenvalue weighted by atomic mass is 16.5. The molecule has 8 nitrogen and oxygen atoms in total. The van der Waals surface area contributed by atoms with Crippen molar-refractivity contribution < 1.29 is 9.53 Å². The summed E-state index contributed by atoms with van der Waals surface area (Å²) in [4.78, 5) is 12.7. The molecule has 1 aromatic heterocycles. The molecule has 0 unspecified atom stereocenters. The zero-order valence-electron chi connectivity index (χ0n) is 21.1. The van der Waals surface area contributed by atoms with E-state index in [0.717, 1.165) is 40.8 Å². The van der Waals surface area contributed by atoms with Crippen LogP contribution in [0.3, 0.4) is 0 Å². The number of ether oxygens (including phenoxy) is 1. The van der Waals surface area contributed by atoms with E-state index in [1.807, 2.05) is 60.7 Å². The Bertz CT molecular complexity index is 1310. The van der Waals surface area contributed by atoms with Gasteiger partial charge in [0.2, 0.25) is 0 Å². The molecule has 186 valence electrons. The van der Waals surface area contributed by atoms with Crippen LogP contribution < -0.4 is 15.4 Å². The fraction of sp³-hybridized carbons (Fsp3) is 0.286. The molecule has 1 heterocycles. The highest BCUT2D eigenvalue weighted by Crippen LogP contribution is 2.39. The number of aromatic amines is 1. The summed E-state index contributed by atoms with van der Waals surface area (Å²) in [5, 5.41) is 20.2. The van der Waals surface area contributed by atoms with Gasteiger partial charge in [0.05, 0.1) is 5.69 Å². The molecule has 8 heteroatoms. The third kappa shape index (κ3) is 5.89. The van der Waals surface area contributed by atoms with E-state index in [9.17, 15) is 4.79 Å². The lowest BCUT2D eigenvalue weighted by atomic mass is 9.86. The van der Waals surface area contributed by atoms with E-state index < -0.39 is 0 Å². The van der Waals surface area contributed by atoms with Gasteiger partial charge in [-0.2, -0.15) is 0 Å². The number of carbonyl (C=O) groups excluding carboxylic acids is 1. The molecule has 2 amide bonds. The lowest BCUT2D eigenvalue weighted by Gasteiger charge is -2.23. The molecule has 4 aromatic rings. The first-order valence-corrected chi connectivity index (χ1v) is 12.2. The first-order valence-electron chi connectivity index (χ1n) is 12.2. The number of urea groups is 1. The molecule has 36 heavy (non-hydrogen) atoms. The number of nitrogens with one attached hydrogen (secondary N) is 3. The first-order chi connectivity index (χ1) is 17.4. The Morgan fingerprint density at radius 3 is 2.44 bits per heavy atom. The van der Waals surface area contributed by atoms with Gasteiger partial charge >= 0.3 is 6.03 Å². The van der Waals surface area contributed by atoms with Crippen molar-refractivity contribution in [2.45, 2.75) is 46.0 Å². The fourth-order valence-electron chi connectivity index (χ4n) is 3.94. The number of carbonyl (C=O) groups is 1. The van der Waals surface area contributed by atoms with Crippen LogP contribution in [-0.4, -0.2) is 33.2 Å². The number of anilines is 1. The lowest BCUT2D eigenvalue weighted by Crippen LogP contribution is -2.29. The molecule has 0 radical (unpaired) electrons. The number of nitrogens with zero attached hydrogens (tertiary/aromatic N) is 3. The van der Waals surface area contributed by atoms with E-state index in [1.54, 1.807) is 0 Å². The average molecular weight is 485 g/mol. The number of H-pyrrole nitrogens is 1. The smallest absolute Gasteiger partial charge is 0.319 e. The first kappa shape index (κ1) is 24.9. The van der Waals surface area contributed by atoms with Crippen molar-refractivity contribution in [2.75, 3.05) is 11.9 Å². The number of hydrogen-bond donors (Lipinski definition) is 3. The van der Waals surface area contributed by atoms with Gasteiger partial charge in [0.25, 0.3) is 0 Å². The molecule has 0 aliphatic heterocycles. The zero-order valence-corrected chi connectivity index (χ0v) is 21.1. The summed E-state index contributed by atoms with van der Waals surface area (Å²) in [6.07, 6.45) is 1.91. The summed E-state index contributed by atoms with van der Waals surface area (Å²) in [5.41, 5.74) is 4.21. The van der Waals surface area contributed by atoms with E-state index in [-0.39, 0.29) is 11.4 Å². The second-order valence-corrected chi connectivity index (χ2v) is 9.59. The Kier molecular flexibility index (Phi) is 7.63. The molecule has 0 saturated carbocycles. The van der Waals surface area contributed by atoms with Crippen molar-refractivity contribution in [3.05, 3.63) is 72.3 Å². The van der Waals surface area contributed by atoms with Crippen molar-refractivity contribution in [3.8, 4) is 34.0 Å². The Morgan fingerprint density at radius 2 is 1.72 bits per heavy atom. The lowest BCUT2D eigenvalue weighted by molar-refractivity contribution is 0.252. The van der Waals surface area contributed by atoms with Crippen LogP contribution in [0.2, 0.25) is 0 Å². The minimum atomic E-state index is -0.276. The van der Waals surface area contributed by atoms with Gasteiger partial charge in [0.15, 0.2) is 11.6 Å². The second kappa shape index (κ2) is 11.0. The maximum atomic E-state index is 12.7. The Labute approximate surface area is 211 Å². The predicted octanol–water partition coefficient (Wildman–Crippen LogP) is 6.55. The molecule has 0 atom stereocenters. The predicted molar refractivity (Wildman–Crippen MR) is 142 cm³/mol. The molecule has 0 aliphatic rings. The number of rotatable bonds is 8. The van der Waals surface area contributed by atoms with Crippen molar-refractivity contribution in [2.24, 2.45) is 0 Å². The van der Waals surface area contributed by atoms with Gasteiger partial charge in [-0.15, -0.1) is 5.10 Å². The standard InChI is InChI=1S/C28H32N6O2/c1-5-6-17-29-27(35)30-23-18-19(20-11-7-8-12-21(20)26-31-33-34-32-26)15-16-25(23)36-24-14-10-9-13-22(24)28(2,3)4/h7-16,18H,5-6,17H2,1-4H3,(H2,29,30,35)(H,31,32,33,34). The van der Waals surface area contributed by atoms with Crippen molar-refractivity contribution in [1.29, 1.82) is 0 Å². The van der Waals surface area contributed by atoms with Gasteiger partial charge in [0, 0.05) is 17.7 Å². The largest absolute Gasteiger partial charge is 0.455 e. The minimum Gasteiger partial charge on any atom is -0.455 e. The van der Waals surface area contributed by atoms with Crippen molar-refractivity contribution in [1.82, 2.24) is 25.9 Å². The molecule has 3 aromatic carbocycles. The maximum Gasteiger partial charge on any atom is 0.319 e. The SMILES string of the molecule is CCCCNC(=O)Nc1cc(-c2ccccc2-c2nnn[nH]2)ccc1Oc1ccccc1C(C)(C)C. The van der Waals surface area contributed by atoms with Gasteiger partial charge in [-0.05, 0) is 51.6 Å². The average Bonchev–Trinajstić information content (AvgIpc) is 3.40. The van der Waals surface area contributed by atoms with E-state index in [4.69, 9.17) is 4.74 Å². The summed E-state index contributed by atoms with van der Waals surface area (Å²) in [7, 11) is 0. The number of tetrazole rings is 1. The molecule has 0 saturated heterocycles. The van der Waals surface area contributed by atoms with Gasteiger partial charge in [-0.3, -0.25) is 0 Å². The summed E-state index contributed by atoms with van der Waals surface area (Å²) >= 11 is 0. The van der Waals surface area contributed by atoms with Crippen LogP contribution in [0.4, 0.5) is 10.5 Å². The zero-order chi connectivity index (χ0) is 25.5. The monoisotopic (exact) mass is 484 g/mol. The molecule has 0 spiro atoms. The number of para-hydroxylation sites is 1. The van der Waals surface area contributed by atoms with Gasteiger partial charge in [-0.1, -0.05) is 82.6 Å². The van der Waals surface area contributed by atoms with E-state index in [0.29, 0.717) is 23.8 Å². The maximum absolute atomic E-state index is 12.7. The number of benzene rings is 3. The molecule has 0 fully saturated rings. The summed E-state index contributed by atoms with van der Waals surface area (Å²) in [6, 6.07) is 21.3. The van der Waals surface area contributed by atoms with Crippen LogP contribution in [0.1, 0.15) is 46.1 Å². The molecule has 0 bridgehead atoms. The number of aromatic nitrogens is 4. The molecular formula is C28H32N6O2. The summed E-state index contributed by atoms with van der Waals surface area (Å²) in [5.74, 6) is 1.87. The Hall–Kier alpha value is -4.20. The molecular weight excluding hydrogens is 452 g/mol. The highest BCUT2D eigenvalue weighted by Gasteiger charge is 2.20. The van der Waals surface area contributed by atoms with Crippen LogP contribution >= 0.6 is 0 Å². The minimum absolute atomic E-state index is 0.105. The van der Waals surface area contributed by atoms with Gasteiger partial charge in [0.1, 0.15) is 5.75 Å². The van der Waals surface area contributed by atoms with Crippen molar-refractivity contribution >= 4 is 11.7 Å².